The van der Waals surface area contributed by atoms with Gasteiger partial charge in [-0.3, -0.25) is 14.6 Å². The van der Waals surface area contributed by atoms with Crippen LogP contribution in [0.15, 0.2) is 59.8 Å². The largest absolute Gasteiger partial charge is 0.296 e. The van der Waals surface area contributed by atoms with Gasteiger partial charge in [0.2, 0.25) is 0 Å². The molecule has 1 aromatic carbocycles. The molecule has 4 aromatic rings. The monoisotopic (exact) mass is 305 g/mol. The zero-order chi connectivity index (χ0) is 15.8. The summed E-state index contributed by atoms with van der Waals surface area (Å²) in [7, 11) is 0. The normalized spacial score (nSPS) is 11.2. The fraction of sp³-hybridized carbons (Fsp3) is 0.118. The van der Waals surface area contributed by atoms with Crippen molar-refractivity contribution >= 4 is 5.65 Å². The maximum absolute atomic E-state index is 12.8. The molecule has 1 N–H and O–H groups in total. The molecule has 0 aliphatic rings. The first-order chi connectivity index (χ1) is 11.3. The average molecular weight is 305 g/mol. The Labute approximate surface area is 132 Å². The molecule has 23 heavy (non-hydrogen) atoms. The minimum atomic E-state index is -0.132. The number of nitrogens with one attached hydrogen (secondary N) is 1. The molecule has 114 valence electrons. The van der Waals surface area contributed by atoms with E-state index in [0.29, 0.717) is 17.8 Å². The van der Waals surface area contributed by atoms with Crippen LogP contribution in [0, 0.1) is 0 Å². The molecular weight excluding hydrogens is 290 g/mol. The van der Waals surface area contributed by atoms with E-state index in [9.17, 15) is 4.79 Å². The molecule has 0 spiro atoms. The first kappa shape index (κ1) is 13.5. The Balaban J connectivity index is 1.93. The van der Waals surface area contributed by atoms with Gasteiger partial charge in [-0.15, -0.1) is 0 Å². The van der Waals surface area contributed by atoms with Gasteiger partial charge in [-0.25, -0.2) is 9.50 Å². The Bertz CT molecular complexity index is 1030. The SMILES string of the molecule is CCn1nccc1-c1cnc2c(-c3ccccc3)c[nH]n2c1=O. The van der Waals surface area contributed by atoms with Gasteiger partial charge in [0, 0.05) is 30.7 Å². The van der Waals surface area contributed by atoms with Crippen molar-refractivity contribution in [2.45, 2.75) is 13.5 Å². The summed E-state index contributed by atoms with van der Waals surface area (Å²) in [5.41, 5.74) is 3.71. The number of aromatic nitrogens is 5. The van der Waals surface area contributed by atoms with E-state index in [1.807, 2.05) is 43.3 Å². The first-order valence-electron chi connectivity index (χ1n) is 7.46. The third-order valence-electron chi connectivity index (χ3n) is 3.92. The molecule has 0 aliphatic carbocycles. The fourth-order valence-corrected chi connectivity index (χ4v) is 2.78. The second-order valence-corrected chi connectivity index (χ2v) is 5.22. The topological polar surface area (TPSA) is 68.0 Å². The molecule has 6 heteroatoms. The molecule has 0 amide bonds. The van der Waals surface area contributed by atoms with Crippen LogP contribution in [0.3, 0.4) is 0 Å². The summed E-state index contributed by atoms with van der Waals surface area (Å²) in [5.74, 6) is 0. The van der Waals surface area contributed by atoms with Gasteiger partial charge in [-0.05, 0) is 18.6 Å². The van der Waals surface area contributed by atoms with Gasteiger partial charge < -0.3 is 0 Å². The number of fused-ring (bicyclic) bond motifs is 1. The number of aryl methyl sites for hydroxylation is 1. The molecule has 0 atom stereocenters. The van der Waals surface area contributed by atoms with Gasteiger partial charge in [0.05, 0.1) is 11.3 Å². The Morgan fingerprint density at radius 1 is 1.13 bits per heavy atom. The predicted molar refractivity (Wildman–Crippen MR) is 88.1 cm³/mol. The summed E-state index contributed by atoms with van der Waals surface area (Å²) in [4.78, 5) is 17.3. The van der Waals surface area contributed by atoms with Crippen LogP contribution < -0.4 is 5.56 Å². The summed E-state index contributed by atoms with van der Waals surface area (Å²) in [6, 6.07) is 11.7. The van der Waals surface area contributed by atoms with Gasteiger partial charge in [0.25, 0.3) is 5.56 Å². The van der Waals surface area contributed by atoms with E-state index in [0.717, 1.165) is 16.8 Å². The van der Waals surface area contributed by atoms with Crippen molar-refractivity contribution in [2.24, 2.45) is 0 Å². The highest BCUT2D eigenvalue weighted by Crippen LogP contribution is 2.23. The molecule has 4 rings (SSSR count). The van der Waals surface area contributed by atoms with Crippen LogP contribution >= 0.6 is 0 Å². The molecular formula is C17H15N5O. The van der Waals surface area contributed by atoms with E-state index in [4.69, 9.17) is 0 Å². The van der Waals surface area contributed by atoms with Gasteiger partial charge in [-0.1, -0.05) is 30.3 Å². The molecule has 0 unspecified atom stereocenters. The smallest absolute Gasteiger partial charge is 0.282 e. The molecule has 0 bridgehead atoms. The van der Waals surface area contributed by atoms with Crippen molar-refractivity contribution in [1.82, 2.24) is 24.4 Å². The summed E-state index contributed by atoms with van der Waals surface area (Å²) < 4.78 is 3.26. The highest BCUT2D eigenvalue weighted by molar-refractivity contribution is 5.77. The number of H-pyrrole nitrogens is 1. The quantitative estimate of drug-likeness (QED) is 0.632. The number of hydrogen-bond donors (Lipinski definition) is 1. The second kappa shape index (κ2) is 5.24. The van der Waals surface area contributed by atoms with Crippen LogP contribution in [-0.2, 0) is 6.54 Å². The maximum atomic E-state index is 12.8. The number of hydrogen-bond acceptors (Lipinski definition) is 3. The third-order valence-corrected chi connectivity index (χ3v) is 3.92. The lowest BCUT2D eigenvalue weighted by Gasteiger charge is -2.04. The summed E-state index contributed by atoms with van der Waals surface area (Å²) in [5, 5.41) is 7.22. The van der Waals surface area contributed by atoms with E-state index in [2.05, 4.69) is 15.2 Å². The molecule has 0 saturated carbocycles. The lowest BCUT2D eigenvalue weighted by molar-refractivity contribution is 0.665. The third kappa shape index (κ3) is 2.07. The van der Waals surface area contributed by atoms with Crippen LogP contribution in [-0.4, -0.2) is 24.4 Å². The molecule has 0 fully saturated rings. The van der Waals surface area contributed by atoms with Crippen LogP contribution in [0.4, 0.5) is 0 Å². The number of nitrogens with zero attached hydrogens (tertiary/aromatic N) is 4. The van der Waals surface area contributed by atoms with E-state index < -0.39 is 0 Å². The van der Waals surface area contributed by atoms with Crippen LogP contribution in [0.2, 0.25) is 0 Å². The standard InChI is InChI=1S/C17H15N5O/c1-2-21-15(8-9-19-21)14-10-18-16-13(11-20-22(16)17(14)23)12-6-4-3-5-7-12/h3-11,20H,2H2,1H3. The van der Waals surface area contributed by atoms with E-state index in [-0.39, 0.29) is 5.56 Å². The average Bonchev–Trinajstić information content (AvgIpc) is 3.23. The predicted octanol–water partition coefficient (Wildman–Crippen LogP) is 2.57. The van der Waals surface area contributed by atoms with Gasteiger partial charge >= 0.3 is 0 Å². The van der Waals surface area contributed by atoms with Crippen LogP contribution in [0.1, 0.15) is 6.92 Å². The first-order valence-corrected chi connectivity index (χ1v) is 7.46. The van der Waals surface area contributed by atoms with Crippen LogP contribution in [0.25, 0.3) is 28.0 Å². The number of aromatic amines is 1. The molecule has 3 aromatic heterocycles. The minimum absolute atomic E-state index is 0.132. The maximum Gasteiger partial charge on any atom is 0.282 e. The minimum Gasteiger partial charge on any atom is -0.296 e. The van der Waals surface area contributed by atoms with Crippen molar-refractivity contribution < 1.29 is 0 Å². The summed E-state index contributed by atoms with van der Waals surface area (Å²) >= 11 is 0. The Morgan fingerprint density at radius 3 is 2.74 bits per heavy atom. The molecule has 3 heterocycles. The zero-order valence-electron chi connectivity index (χ0n) is 12.6. The van der Waals surface area contributed by atoms with E-state index in [1.165, 1.54) is 4.52 Å². The van der Waals surface area contributed by atoms with E-state index in [1.54, 1.807) is 23.3 Å². The lowest BCUT2D eigenvalue weighted by Crippen LogP contribution is -2.18. The van der Waals surface area contributed by atoms with Crippen molar-refractivity contribution in [3.8, 4) is 22.4 Å². The molecule has 0 aliphatic heterocycles. The number of benzene rings is 1. The van der Waals surface area contributed by atoms with Crippen molar-refractivity contribution in [3.63, 3.8) is 0 Å². The Hall–Kier alpha value is -3.15. The second-order valence-electron chi connectivity index (χ2n) is 5.22. The highest BCUT2D eigenvalue weighted by atomic mass is 16.1. The van der Waals surface area contributed by atoms with Crippen molar-refractivity contribution in [1.29, 1.82) is 0 Å². The van der Waals surface area contributed by atoms with Gasteiger partial charge in [0.15, 0.2) is 5.65 Å². The van der Waals surface area contributed by atoms with Crippen LogP contribution in [0.5, 0.6) is 0 Å². The highest BCUT2D eigenvalue weighted by Gasteiger charge is 2.14. The number of rotatable bonds is 3. The molecule has 0 radical (unpaired) electrons. The Kier molecular flexibility index (Phi) is 3.08. The zero-order valence-corrected chi connectivity index (χ0v) is 12.6. The van der Waals surface area contributed by atoms with Crippen molar-refractivity contribution in [3.05, 3.63) is 65.3 Å². The Morgan fingerprint density at radius 2 is 1.96 bits per heavy atom. The van der Waals surface area contributed by atoms with Gasteiger partial charge in [-0.2, -0.15) is 5.10 Å². The van der Waals surface area contributed by atoms with E-state index >= 15 is 0 Å². The van der Waals surface area contributed by atoms with Gasteiger partial charge in [0.1, 0.15) is 0 Å². The summed E-state index contributed by atoms with van der Waals surface area (Å²) in [6.07, 6.45) is 5.12. The van der Waals surface area contributed by atoms with Crippen molar-refractivity contribution in [2.75, 3.05) is 0 Å². The lowest BCUT2D eigenvalue weighted by atomic mass is 10.1. The summed E-state index contributed by atoms with van der Waals surface area (Å²) in [6.45, 7) is 2.69. The molecule has 6 nitrogen and oxygen atoms in total. The molecule has 0 saturated heterocycles. The fourth-order valence-electron chi connectivity index (χ4n) is 2.78.